The molecule has 1 aromatic heterocycles. The van der Waals surface area contributed by atoms with Crippen LogP contribution < -0.4 is 15.4 Å². The fraction of sp³-hybridized carbons (Fsp3) is 0.700. The molecule has 2 rings (SSSR count). The van der Waals surface area contributed by atoms with Crippen molar-refractivity contribution in [3.63, 3.8) is 0 Å². The molecule has 0 saturated carbocycles. The smallest absolute Gasteiger partial charge is 0.213 e. The lowest BCUT2D eigenvalue weighted by atomic mass is 10.2. The number of aromatic nitrogens is 1. The van der Waals surface area contributed by atoms with E-state index in [-0.39, 0.29) is 30.1 Å². The molecular weight excluding hydrogens is 469 g/mol. The van der Waals surface area contributed by atoms with E-state index in [1.54, 1.807) is 6.20 Å². The summed E-state index contributed by atoms with van der Waals surface area (Å²) in [6.07, 6.45) is 1.95. The number of rotatable bonds is 9. The van der Waals surface area contributed by atoms with E-state index in [0.29, 0.717) is 24.9 Å². The Bertz CT molecular complexity index is 585. The maximum atomic E-state index is 5.91. The SMILES string of the molecule is CCNC(=NCc1ccnc(OCC)c1)NCC1CN(CC(C)C)CCO1.I. The van der Waals surface area contributed by atoms with Gasteiger partial charge < -0.3 is 20.1 Å². The molecule has 0 spiro atoms. The van der Waals surface area contributed by atoms with Crippen LogP contribution in [0, 0.1) is 5.92 Å². The Kier molecular flexibility index (Phi) is 12.4. The third-order valence-electron chi connectivity index (χ3n) is 4.20. The minimum atomic E-state index is 0. The highest BCUT2D eigenvalue weighted by molar-refractivity contribution is 14.0. The molecule has 1 aromatic rings. The molecule has 1 atom stereocenters. The van der Waals surface area contributed by atoms with Gasteiger partial charge in [0.15, 0.2) is 5.96 Å². The predicted octanol–water partition coefficient (Wildman–Crippen LogP) is 2.51. The lowest BCUT2D eigenvalue weighted by Crippen LogP contribution is -2.50. The van der Waals surface area contributed by atoms with Crippen LogP contribution in [0.15, 0.2) is 23.3 Å². The van der Waals surface area contributed by atoms with Crippen LogP contribution in [0.3, 0.4) is 0 Å². The number of nitrogens with one attached hydrogen (secondary N) is 2. The van der Waals surface area contributed by atoms with E-state index in [2.05, 4.69) is 46.3 Å². The number of hydrogen-bond acceptors (Lipinski definition) is 5. The highest BCUT2D eigenvalue weighted by Gasteiger charge is 2.21. The van der Waals surface area contributed by atoms with Gasteiger partial charge in [-0.25, -0.2) is 9.98 Å². The van der Waals surface area contributed by atoms with Crippen LogP contribution in [-0.2, 0) is 11.3 Å². The molecule has 0 bridgehead atoms. The third kappa shape index (κ3) is 9.38. The summed E-state index contributed by atoms with van der Waals surface area (Å²) in [5.74, 6) is 2.12. The van der Waals surface area contributed by atoms with Crippen molar-refractivity contribution in [3.05, 3.63) is 23.9 Å². The van der Waals surface area contributed by atoms with Gasteiger partial charge in [0.25, 0.3) is 0 Å². The third-order valence-corrected chi connectivity index (χ3v) is 4.20. The molecule has 2 N–H and O–H groups in total. The summed E-state index contributed by atoms with van der Waals surface area (Å²) in [6, 6.07) is 3.90. The van der Waals surface area contributed by atoms with Crippen LogP contribution in [0.25, 0.3) is 0 Å². The van der Waals surface area contributed by atoms with Gasteiger partial charge in [-0.2, -0.15) is 0 Å². The first kappa shape index (κ1) is 24.9. The minimum Gasteiger partial charge on any atom is -0.478 e. The first-order valence-corrected chi connectivity index (χ1v) is 10.0. The van der Waals surface area contributed by atoms with Crippen molar-refractivity contribution < 1.29 is 9.47 Å². The summed E-state index contributed by atoms with van der Waals surface area (Å²) < 4.78 is 11.4. The fourth-order valence-corrected chi connectivity index (χ4v) is 3.08. The van der Waals surface area contributed by atoms with Crippen molar-refractivity contribution in [3.8, 4) is 5.88 Å². The van der Waals surface area contributed by atoms with Gasteiger partial charge in [0.05, 0.1) is 25.9 Å². The molecule has 0 aromatic carbocycles. The van der Waals surface area contributed by atoms with Gasteiger partial charge in [-0.3, -0.25) is 4.90 Å². The van der Waals surface area contributed by atoms with E-state index in [0.717, 1.165) is 50.9 Å². The molecule has 1 saturated heterocycles. The maximum absolute atomic E-state index is 5.91. The van der Waals surface area contributed by atoms with Crippen LogP contribution in [0.2, 0.25) is 0 Å². The summed E-state index contributed by atoms with van der Waals surface area (Å²) in [7, 11) is 0. The molecule has 2 heterocycles. The molecule has 8 heteroatoms. The first-order chi connectivity index (χ1) is 13.1. The molecule has 0 radical (unpaired) electrons. The van der Waals surface area contributed by atoms with E-state index >= 15 is 0 Å². The minimum absolute atomic E-state index is 0. The average Bonchev–Trinajstić information content (AvgIpc) is 2.64. The lowest BCUT2D eigenvalue weighted by Gasteiger charge is -2.34. The maximum Gasteiger partial charge on any atom is 0.213 e. The zero-order valence-electron chi connectivity index (χ0n) is 17.6. The number of halogens is 1. The molecule has 160 valence electrons. The largest absolute Gasteiger partial charge is 0.478 e. The second-order valence-electron chi connectivity index (χ2n) is 7.16. The molecule has 1 fully saturated rings. The number of ether oxygens (including phenoxy) is 2. The number of aliphatic imine (C=N–C) groups is 1. The normalized spacial score (nSPS) is 17.9. The zero-order chi connectivity index (χ0) is 19.5. The van der Waals surface area contributed by atoms with E-state index in [1.807, 2.05) is 19.1 Å². The van der Waals surface area contributed by atoms with E-state index in [9.17, 15) is 0 Å². The van der Waals surface area contributed by atoms with Gasteiger partial charge in [0.1, 0.15) is 0 Å². The molecule has 28 heavy (non-hydrogen) atoms. The Balaban J connectivity index is 0.00000392. The van der Waals surface area contributed by atoms with Gasteiger partial charge in [-0.1, -0.05) is 13.8 Å². The quantitative estimate of drug-likeness (QED) is 0.306. The van der Waals surface area contributed by atoms with E-state index in [1.165, 1.54) is 0 Å². The Morgan fingerprint density at radius 3 is 2.93 bits per heavy atom. The second kappa shape index (κ2) is 13.9. The number of guanidine groups is 1. The van der Waals surface area contributed by atoms with Gasteiger partial charge in [-0.05, 0) is 31.4 Å². The topological polar surface area (TPSA) is 71.0 Å². The lowest BCUT2D eigenvalue weighted by molar-refractivity contribution is -0.0284. The van der Waals surface area contributed by atoms with Crippen molar-refractivity contribution in [1.29, 1.82) is 0 Å². The molecule has 1 unspecified atom stereocenters. The number of morpholine rings is 1. The summed E-state index contributed by atoms with van der Waals surface area (Å²) in [6.45, 7) is 15.2. The molecule has 0 amide bonds. The summed E-state index contributed by atoms with van der Waals surface area (Å²) in [5, 5.41) is 6.71. The monoisotopic (exact) mass is 505 g/mol. The Morgan fingerprint density at radius 1 is 1.39 bits per heavy atom. The average molecular weight is 505 g/mol. The van der Waals surface area contributed by atoms with Crippen LogP contribution in [-0.4, -0.2) is 67.9 Å². The molecule has 1 aliphatic heterocycles. The second-order valence-corrected chi connectivity index (χ2v) is 7.16. The van der Waals surface area contributed by atoms with Crippen LogP contribution in [0.1, 0.15) is 33.3 Å². The van der Waals surface area contributed by atoms with Crippen molar-refractivity contribution in [2.75, 3.05) is 45.9 Å². The van der Waals surface area contributed by atoms with Crippen LogP contribution >= 0.6 is 24.0 Å². The Morgan fingerprint density at radius 2 is 2.21 bits per heavy atom. The van der Waals surface area contributed by atoms with Crippen molar-refractivity contribution in [2.24, 2.45) is 10.9 Å². The van der Waals surface area contributed by atoms with Crippen LogP contribution in [0.4, 0.5) is 0 Å². The van der Waals surface area contributed by atoms with Crippen LogP contribution in [0.5, 0.6) is 5.88 Å². The van der Waals surface area contributed by atoms with Gasteiger partial charge in [0.2, 0.25) is 5.88 Å². The van der Waals surface area contributed by atoms with Crippen molar-refractivity contribution >= 4 is 29.9 Å². The number of nitrogens with zero attached hydrogens (tertiary/aromatic N) is 3. The molecular formula is C20H36IN5O2. The number of pyridine rings is 1. The summed E-state index contributed by atoms with van der Waals surface area (Å²) in [5.41, 5.74) is 1.07. The highest BCUT2D eigenvalue weighted by Crippen LogP contribution is 2.10. The van der Waals surface area contributed by atoms with Gasteiger partial charge >= 0.3 is 0 Å². The molecule has 7 nitrogen and oxygen atoms in total. The zero-order valence-corrected chi connectivity index (χ0v) is 19.9. The fourth-order valence-electron chi connectivity index (χ4n) is 3.08. The summed E-state index contributed by atoms with van der Waals surface area (Å²) >= 11 is 0. The molecule has 0 aliphatic carbocycles. The van der Waals surface area contributed by atoms with Crippen molar-refractivity contribution in [2.45, 2.75) is 40.3 Å². The first-order valence-electron chi connectivity index (χ1n) is 10.0. The highest BCUT2D eigenvalue weighted by atomic mass is 127. The van der Waals surface area contributed by atoms with E-state index < -0.39 is 0 Å². The predicted molar refractivity (Wildman–Crippen MR) is 125 cm³/mol. The Hall–Kier alpha value is -1.13. The van der Waals surface area contributed by atoms with E-state index in [4.69, 9.17) is 9.47 Å². The molecule has 1 aliphatic rings. The number of hydrogen-bond donors (Lipinski definition) is 2. The van der Waals surface area contributed by atoms with Crippen molar-refractivity contribution in [1.82, 2.24) is 20.5 Å². The van der Waals surface area contributed by atoms with Gasteiger partial charge in [0, 0.05) is 45.0 Å². The summed E-state index contributed by atoms with van der Waals surface area (Å²) in [4.78, 5) is 11.4. The van der Waals surface area contributed by atoms with Gasteiger partial charge in [-0.15, -0.1) is 24.0 Å². The Labute approximate surface area is 186 Å². The standard InChI is InChI=1S/C20H35N5O2.HI/c1-5-21-20(23-12-17-7-8-22-19(11-17)26-6-2)24-13-18-15-25(9-10-27-18)14-16(3)4;/h7-8,11,16,18H,5-6,9-10,12-15H2,1-4H3,(H2,21,23,24);1H.